The number of ether oxygens (including phenoxy) is 2. The number of fused-ring (bicyclic) bond motifs is 3. The Morgan fingerprint density at radius 1 is 1.16 bits per heavy atom. The molecule has 2 aliphatic carbocycles. The first kappa shape index (κ1) is 20.8. The van der Waals surface area contributed by atoms with Gasteiger partial charge in [-0.3, -0.25) is 14.5 Å². The van der Waals surface area contributed by atoms with Gasteiger partial charge < -0.3 is 15.2 Å². The molecule has 2 aromatic heterocycles. The molecule has 31 heavy (non-hydrogen) atoms. The van der Waals surface area contributed by atoms with E-state index in [0.29, 0.717) is 11.9 Å². The summed E-state index contributed by atoms with van der Waals surface area (Å²) in [7, 11) is 0. The van der Waals surface area contributed by atoms with Gasteiger partial charge in [0.1, 0.15) is 17.3 Å². The zero-order valence-corrected chi connectivity index (χ0v) is 18.4. The maximum absolute atomic E-state index is 12.0. The molecule has 5 rings (SSSR count). The number of amides is 1. The molecule has 166 valence electrons. The number of aromatic nitrogens is 2. The molecule has 1 atom stereocenters. The van der Waals surface area contributed by atoms with E-state index in [-0.39, 0.29) is 18.4 Å². The molecule has 0 radical (unpaired) electrons. The number of carbonyl (C=O) groups is 2. The van der Waals surface area contributed by atoms with E-state index in [9.17, 15) is 9.59 Å². The smallest absolute Gasteiger partial charge is 0.284 e. The second-order valence-electron chi connectivity index (χ2n) is 8.72. The molecule has 0 aromatic carbocycles. The van der Waals surface area contributed by atoms with Crippen molar-refractivity contribution in [2.24, 2.45) is 5.73 Å². The van der Waals surface area contributed by atoms with Gasteiger partial charge >= 0.3 is 0 Å². The number of ketones is 1. The Hall–Kier alpha value is -2.10. The molecule has 3 aliphatic rings. The Morgan fingerprint density at radius 2 is 1.94 bits per heavy atom. The highest BCUT2D eigenvalue weighted by molar-refractivity contribution is 7.19. The van der Waals surface area contributed by atoms with E-state index >= 15 is 0 Å². The third-order valence-electron chi connectivity index (χ3n) is 6.89. The minimum Gasteiger partial charge on any atom is -0.474 e. The molecular weight excluding hydrogens is 416 g/mol. The van der Waals surface area contributed by atoms with Crippen molar-refractivity contribution in [2.45, 2.75) is 63.0 Å². The molecule has 0 bridgehead atoms. The van der Waals surface area contributed by atoms with Crippen LogP contribution < -0.4 is 10.5 Å². The van der Waals surface area contributed by atoms with Gasteiger partial charge in [-0.15, -0.1) is 11.3 Å². The maximum Gasteiger partial charge on any atom is 0.284 e. The van der Waals surface area contributed by atoms with E-state index < -0.39 is 11.7 Å². The molecule has 2 aromatic rings. The number of morpholine rings is 1. The van der Waals surface area contributed by atoms with Crippen LogP contribution in [-0.4, -0.2) is 65.0 Å². The maximum atomic E-state index is 12.0. The molecule has 1 saturated heterocycles. The number of hydrogen-bond acceptors (Lipinski definition) is 8. The number of hydrogen-bond donors (Lipinski definition) is 1. The topological polar surface area (TPSA) is 108 Å². The van der Waals surface area contributed by atoms with Crippen molar-refractivity contribution in [3.63, 3.8) is 0 Å². The highest BCUT2D eigenvalue weighted by Crippen LogP contribution is 2.47. The van der Waals surface area contributed by atoms with Crippen molar-refractivity contribution in [3.05, 3.63) is 16.8 Å². The van der Waals surface area contributed by atoms with Crippen molar-refractivity contribution in [1.82, 2.24) is 14.9 Å². The van der Waals surface area contributed by atoms with E-state index in [2.05, 4.69) is 14.9 Å². The van der Waals surface area contributed by atoms with Crippen LogP contribution in [0.2, 0.25) is 0 Å². The molecule has 1 amide bonds. The minimum atomic E-state index is -0.863. The van der Waals surface area contributed by atoms with Crippen LogP contribution in [-0.2, 0) is 20.7 Å². The lowest BCUT2D eigenvalue weighted by atomic mass is 9.91. The van der Waals surface area contributed by atoms with Gasteiger partial charge in [0.25, 0.3) is 5.91 Å². The van der Waals surface area contributed by atoms with Crippen molar-refractivity contribution in [3.8, 4) is 5.88 Å². The van der Waals surface area contributed by atoms with Crippen LogP contribution in [0.25, 0.3) is 10.2 Å². The van der Waals surface area contributed by atoms with Crippen LogP contribution in [0.3, 0.4) is 0 Å². The predicted molar refractivity (Wildman–Crippen MR) is 116 cm³/mol. The summed E-state index contributed by atoms with van der Waals surface area (Å²) in [5.74, 6) is -0.777. The SMILES string of the molecule is NC(=O)C(=O)C[C@H]1CCc2sc3ncnc(O[C@H]4CC[C@H](N5CCOCC5)CC4)c3c21. The first-order chi connectivity index (χ1) is 15.1. The Labute approximate surface area is 185 Å². The van der Waals surface area contributed by atoms with Gasteiger partial charge in [0.05, 0.1) is 18.6 Å². The van der Waals surface area contributed by atoms with Gasteiger partial charge in [-0.25, -0.2) is 9.97 Å². The predicted octanol–water partition coefficient (Wildman–Crippen LogP) is 2.19. The van der Waals surface area contributed by atoms with E-state index in [1.807, 2.05) is 0 Å². The number of nitrogens with zero attached hydrogens (tertiary/aromatic N) is 3. The van der Waals surface area contributed by atoms with Gasteiger partial charge in [0.15, 0.2) is 0 Å². The van der Waals surface area contributed by atoms with Crippen molar-refractivity contribution in [2.75, 3.05) is 26.3 Å². The first-order valence-corrected chi connectivity index (χ1v) is 12.0. The Bertz CT molecular complexity index is 979. The van der Waals surface area contributed by atoms with Crippen LogP contribution in [0.1, 0.15) is 54.9 Å². The Balaban J connectivity index is 1.32. The van der Waals surface area contributed by atoms with Gasteiger partial charge in [-0.05, 0) is 50.0 Å². The number of Topliss-reactive ketones (excluding diaryl/α,β-unsaturated/α-hetero) is 1. The van der Waals surface area contributed by atoms with Gasteiger partial charge in [-0.2, -0.15) is 0 Å². The largest absolute Gasteiger partial charge is 0.474 e. The number of aryl methyl sites for hydroxylation is 1. The van der Waals surface area contributed by atoms with Crippen LogP contribution >= 0.6 is 11.3 Å². The standard InChI is InChI=1S/C22H28N4O4S/c23-20(28)16(27)11-13-1-6-17-18(13)19-21(24-12-25-22(19)31-17)30-15-4-2-14(3-5-15)26-7-9-29-10-8-26/h12-15H,1-11H2,(H2,23,28)/t13-,14-,15-/m1/s1. The summed E-state index contributed by atoms with van der Waals surface area (Å²) >= 11 is 1.64. The third-order valence-corrected chi connectivity index (χ3v) is 8.06. The summed E-state index contributed by atoms with van der Waals surface area (Å²) in [5, 5.41) is 0.928. The fraction of sp³-hybridized carbons (Fsp3) is 0.636. The molecule has 1 saturated carbocycles. The van der Waals surface area contributed by atoms with Crippen LogP contribution in [0.15, 0.2) is 6.33 Å². The van der Waals surface area contributed by atoms with Crippen molar-refractivity contribution >= 4 is 33.2 Å². The lowest BCUT2D eigenvalue weighted by molar-refractivity contribution is -0.136. The van der Waals surface area contributed by atoms with Crippen molar-refractivity contribution in [1.29, 1.82) is 0 Å². The molecule has 1 aliphatic heterocycles. The van der Waals surface area contributed by atoms with Crippen LogP contribution in [0.5, 0.6) is 5.88 Å². The third kappa shape index (κ3) is 4.18. The van der Waals surface area contributed by atoms with E-state index in [1.54, 1.807) is 17.7 Å². The number of nitrogens with two attached hydrogens (primary N) is 1. The summed E-state index contributed by atoms with van der Waals surface area (Å²) in [4.78, 5) is 36.9. The fourth-order valence-corrected chi connectivity index (χ4v) is 6.52. The Morgan fingerprint density at radius 3 is 2.68 bits per heavy atom. The first-order valence-electron chi connectivity index (χ1n) is 11.2. The summed E-state index contributed by atoms with van der Waals surface area (Å²) < 4.78 is 11.9. The number of thiophene rings is 1. The highest BCUT2D eigenvalue weighted by atomic mass is 32.1. The zero-order chi connectivity index (χ0) is 21.4. The quantitative estimate of drug-likeness (QED) is 0.681. The van der Waals surface area contributed by atoms with Gasteiger partial charge in [0, 0.05) is 30.4 Å². The molecule has 9 heteroatoms. The average Bonchev–Trinajstić information content (AvgIpc) is 3.35. The monoisotopic (exact) mass is 444 g/mol. The van der Waals surface area contributed by atoms with Gasteiger partial charge in [-0.1, -0.05) is 0 Å². The lowest BCUT2D eigenvalue weighted by Crippen LogP contribution is -2.46. The van der Waals surface area contributed by atoms with E-state index in [1.165, 1.54) is 4.88 Å². The lowest BCUT2D eigenvalue weighted by Gasteiger charge is -2.38. The van der Waals surface area contributed by atoms with Crippen molar-refractivity contribution < 1.29 is 19.1 Å². The second-order valence-corrected chi connectivity index (χ2v) is 9.81. The normalized spacial score (nSPS) is 26.6. The summed E-state index contributed by atoms with van der Waals surface area (Å²) in [5.41, 5.74) is 6.29. The van der Waals surface area contributed by atoms with Crippen LogP contribution in [0, 0.1) is 0 Å². The van der Waals surface area contributed by atoms with Gasteiger partial charge in [0.2, 0.25) is 11.7 Å². The summed E-state index contributed by atoms with van der Waals surface area (Å²) in [6, 6.07) is 0.615. The molecule has 0 unspecified atom stereocenters. The molecule has 3 heterocycles. The molecule has 2 N–H and O–H groups in total. The highest BCUT2D eigenvalue weighted by Gasteiger charge is 2.33. The second kappa shape index (κ2) is 8.80. The van der Waals surface area contributed by atoms with E-state index in [0.717, 1.165) is 80.6 Å². The average molecular weight is 445 g/mol. The number of carbonyl (C=O) groups excluding carboxylic acids is 2. The molecule has 2 fully saturated rings. The van der Waals surface area contributed by atoms with E-state index in [4.69, 9.17) is 15.2 Å². The Kier molecular flexibility index (Phi) is 5.90. The number of rotatable bonds is 6. The fourth-order valence-electron chi connectivity index (χ4n) is 5.29. The minimum absolute atomic E-state index is 0.0193. The molecule has 0 spiro atoms. The zero-order valence-electron chi connectivity index (χ0n) is 17.5. The molecular formula is C22H28N4O4S. The number of primary amides is 1. The van der Waals surface area contributed by atoms with Crippen LogP contribution in [0.4, 0.5) is 0 Å². The molecule has 8 nitrogen and oxygen atoms in total. The summed E-state index contributed by atoms with van der Waals surface area (Å²) in [6.07, 6.45) is 7.82. The summed E-state index contributed by atoms with van der Waals surface area (Å²) in [6.45, 7) is 3.71.